The number of carbonyl (C=O) groups excluding carboxylic acids is 5. The van der Waals surface area contributed by atoms with Crippen molar-refractivity contribution in [3.05, 3.63) is 70.8 Å². The molecule has 0 aliphatic rings. The van der Waals surface area contributed by atoms with E-state index < -0.39 is 65.5 Å². The van der Waals surface area contributed by atoms with Crippen LogP contribution in [0.15, 0.2) is 48.5 Å². The zero-order valence-electron chi connectivity index (χ0n) is 32.1. The molecule has 0 spiro atoms. The van der Waals surface area contributed by atoms with Gasteiger partial charge in [-0.1, -0.05) is 87.6 Å². The second kappa shape index (κ2) is 19.8. The maximum atomic E-state index is 14.7. The third kappa shape index (κ3) is 15.2. The number of primary amides is 1. The molecule has 3 unspecified atom stereocenters. The van der Waals surface area contributed by atoms with Crippen LogP contribution in [0, 0.1) is 13.8 Å². The first-order chi connectivity index (χ1) is 23.8. The van der Waals surface area contributed by atoms with Crippen LogP contribution >= 0.6 is 0 Å². The molecule has 2 aromatic rings. The smallest absolute Gasteiger partial charge is 0.408 e. The summed E-state index contributed by atoms with van der Waals surface area (Å²) in [5.41, 5.74) is 6.91. The van der Waals surface area contributed by atoms with Crippen LogP contribution in [0.3, 0.4) is 0 Å². The topological polar surface area (TPSA) is 157 Å². The summed E-state index contributed by atoms with van der Waals surface area (Å²) in [6.07, 6.45) is 4.22. The lowest BCUT2D eigenvalue weighted by Gasteiger charge is -2.36. The Balaban J connectivity index is 2.69. The maximum Gasteiger partial charge on any atom is 0.408 e. The third-order valence-corrected chi connectivity index (χ3v) is 8.22. The van der Waals surface area contributed by atoms with Crippen LogP contribution in [-0.4, -0.2) is 64.5 Å². The Bertz CT molecular complexity index is 1460. The number of nitrogens with zero attached hydrogens (tertiary/aromatic N) is 1. The largest absolute Gasteiger partial charge is 0.458 e. The van der Waals surface area contributed by atoms with E-state index in [-0.39, 0.29) is 13.0 Å². The molecule has 0 radical (unpaired) electrons. The molecule has 3 atom stereocenters. The van der Waals surface area contributed by atoms with Crippen molar-refractivity contribution >= 4 is 29.8 Å². The van der Waals surface area contributed by atoms with Crippen molar-refractivity contribution < 1.29 is 33.4 Å². The van der Waals surface area contributed by atoms with E-state index in [9.17, 15) is 24.0 Å². The van der Waals surface area contributed by atoms with Gasteiger partial charge in [0.25, 0.3) is 0 Å². The first-order valence-corrected chi connectivity index (χ1v) is 18.0. The van der Waals surface area contributed by atoms with Gasteiger partial charge in [0, 0.05) is 13.0 Å². The molecule has 51 heavy (non-hydrogen) atoms. The fourth-order valence-corrected chi connectivity index (χ4v) is 5.67. The van der Waals surface area contributed by atoms with Gasteiger partial charge in [0.05, 0.1) is 6.42 Å². The SMILES string of the molecule is CCCCCCCCN(C(=O)C(CC(N)=O)NC(=O)OC(C)(C)C)C(C(=O)NC(Cc1ccccc1)C(=O)OC(C)(C)C)c1cccc(C)c1C. The second-order valence-corrected chi connectivity index (χ2v) is 15.1. The number of hydrogen-bond acceptors (Lipinski definition) is 7. The highest BCUT2D eigenvalue weighted by Crippen LogP contribution is 2.29. The molecule has 2 rings (SSSR count). The predicted molar refractivity (Wildman–Crippen MR) is 199 cm³/mol. The molecular formula is C40H60N4O7. The molecule has 11 nitrogen and oxygen atoms in total. The fourth-order valence-electron chi connectivity index (χ4n) is 5.67. The molecule has 0 heterocycles. The highest BCUT2D eigenvalue weighted by Gasteiger charge is 2.39. The molecule has 0 aliphatic carbocycles. The molecule has 4 N–H and O–H groups in total. The average Bonchev–Trinajstić information content (AvgIpc) is 3.01. The quantitative estimate of drug-likeness (QED) is 0.120. The maximum absolute atomic E-state index is 14.7. The summed E-state index contributed by atoms with van der Waals surface area (Å²) in [6, 6.07) is 11.0. The molecule has 0 saturated carbocycles. The number of aryl methyl sites for hydroxylation is 1. The van der Waals surface area contributed by atoms with Crippen molar-refractivity contribution in [2.45, 2.75) is 143 Å². The van der Waals surface area contributed by atoms with Crippen molar-refractivity contribution in [2.24, 2.45) is 5.73 Å². The van der Waals surface area contributed by atoms with E-state index in [1.807, 2.05) is 50.2 Å². The van der Waals surface area contributed by atoms with Crippen molar-refractivity contribution in [3.63, 3.8) is 0 Å². The number of unbranched alkanes of at least 4 members (excludes halogenated alkanes) is 5. The predicted octanol–water partition coefficient (Wildman–Crippen LogP) is 6.37. The standard InChI is InChI=1S/C40H60N4O7/c1-10-11-12-13-14-18-24-44(36(47)31(26-33(41)45)43-38(49)51-40(7,8)9)34(30-23-19-20-27(2)28(30)3)35(46)42-32(37(48)50-39(4,5)6)25-29-21-16-15-17-22-29/h15-17,19-23,31-32,34H,10-14,18,24-26H2,1-9H3,(H2,41,45)(H,42,46)(H,43,49). The van der Waals surface area contributed by atoms with Gasteiger partial charge in [0.2, 0.25) is 17.7 Å². The summed E-state index contributed by atoms with van der Waals surface area (Å²) in [4.78, 5) is 69.6. The molecular weight excluding hydrogens is 648 g/mol. The average molecular weight is 709 g/mol. The van der Waals surface area contributed by atoms with E-state index in [1.54, 1.807) is 53.7 Å². The van der Waals surface area contributed by atoms with Crippen molar-refractivity contribution in [2.75, 3.05) is 6.54 Å². The van der Waals surface area contributed by atoms with Gasteiger partial charge < -0.3 is 30.7 Å². The van der Waals surface area contributed by atoms with Crippen LogP contribution in [0.5, 0.6) is 0 Å². The van der Waals surface area contributed by atoms with Crippen LogP contribution in [-0.2, 0) is 35.1 Å². The normalized spacial score (nSPS) is 13.4. The first-order valence-electron chi connectivity index (χ1n) is 18.0. The van der Waals surface area contributed by atoms with Gasteiger partial charge in [-0.3, -0.25) is 14.4 Å². The number of esters is 1. The van der Waals surface area contributed by atoms with Gasteiger partial charge in [-0.2, -0.15) is 0 Å². The van der Waals surface area contributed by atoms with Crippen LogP contribution in [0.2, 0.25) is 0 Å². The molecule has 11 heteroatoms. The fraction of sp³-hybridized carbons (Fsp3) is 0.575. The number of nitrogens with two attached hydrogens (primary N) is 1. The Morgan fingerprint density at radius 2 is 1.37 bits per heavy atom. The Hall–Kier alpha value is -4.41. The molecule has 2 aromatic carbocycles. The Morgan fingerprint density at radius 3 is 1.96 bits per heavy atom. The summed E-state index contributed by atoms with van der Waals surface area (Å²) in [6.45, 7) is 16.3. The summed E-state index contributed by atoms with van der Waals surface area (Å²) in [7, 11) is 0. The molecule has 0 saturated heterocycles. The van der Waals surface area contributed by atoms with Gasteiger partial charge in [-0.15, -0.1) is 0 Å². The molecule has 0 fully saturated rings. The van der Waals surface area contributed by atoms with Gasteiger partial charge in [-0.25, -0.2) is 9.59 Å². The molecule has 4 amide bonds. The van der Waals surface area contributed by atoms with E-state index in [2.05, 4.69) is 17.6 Å². The van der Waals surface area contributed by atoms with Crippen LogP contribution in [0.4, 0.5) is 4.79 Å². The minimum Gasteiger partial charge on any atom is -0.458 e. The number of hydrogen-bond donors (Lipinski definition) is 3. The summed E-state index contributed by atoms with van der Waals surface area (Å²) < 4.78 is 11.2. The Morgan fingerprint density at radius 1 is 0.765 bits per heavy atom. The molecule has 0 aliphatic heterocycles. The minimum atomic E-state index is -1.41. The zero-order chi connectivity index (χ0) is 38.4. The van der Waals surface area contributed by atoms with E-state index in [1.165, 1.54) is 4.90 Å². The van der Waals surface area contributed by atoms with E-state index >= 15 is 0 Å². The zero-order valence-corrected chi connectivity index (χ0v) is 32.1. The van der Waals surface area contributed by atoms with Crippen LogP contribution < -0.4 is 16.4 Å². The summed E-state index contributed by atoms with van der Waals surface area (Å²) in [5.74, 6) is -2.72. The van der Waals surface area contributed by atoms with E-state index in [4.69, 9.17) is 15.2 Å². The van der Waals surface area contributed by atoms with E-state index in [0.29, 0.717) is 12.0 Å². The Labute approximate surface area is 304 Å². The van der Waals surface area contributed by atoms with Crippen LogP contribution in [0.25, 0.3) is 0 Å². The number of rotatable bonds is 18. The highest BCUT2D eigenvalue weighted by atomic mass is 16.6. The number of ether oxygens (including phenoxy) is 2. The number of carbonyl (C=O) groups is 5. The number of nitrogens with one attached hydrogen (secondary N) is 2. The minimum absolute atomic E-state index is 0.136. The lowest BCUT2D eigenvalue weighted by Crippen LogP contribution is -2.56. The number of alkyl carbamates (subject to hydrolysis) is 1. The van der Waals surface area contributed by atoms with Crippen molar-refractivity contribution in [1.29, 1.82) is 0 Å². The van der Waals surface area contributed by atoms with Crippen molar-refractivity contribution in [1.82, 2.24) is 15.5 Å². The molecule has 0 bridgehead atoms. The van der Waals surface area contributed by atoms with Crippen molar-refractivity contribution in [3.8, 4) is 0 Å². The lowest BCUT2D eigenvalue weighted by molar-refractivity contribution is -0.159. The molecule has 282 valence electrons. The van der Waals surface area contributed by atoms with Gasteiger partial charge in [0.1, 0.15) is 29.3 Å². The van der Waals surface area contributed by atoms with Gasteiger partial charge in [0.15, 0.2) is 0 Å². The van der Waals surface area contributed by atoms with E-state index in [0.717, 1.165) is 48.8 Å². The second-order valence-electron chi connectivity index (χ2n) is 15.1. The van der Waals surface area contributed by atoms with Gasteiger partial charge >= 0.3 is 12.1 Å². The van der Waals surface area contributed by atoms with Gasteiger partial charge in [-0.05, 0) is 84.1 Å². The number of benzene rings is 2. The first kappa shape index (κ1) is 42.8. The molecule has 0 aromatic heterocycles. The third-order valence-electron chi connectivity index (χ3n) is 8.22. The highest BCUT2D eigenvalue weighted by molar-refractivity contribution is 5.96. The summed E-state index contributed by atoms with van der Waals surface area (Å²) in [5, 5.41) is 5.46. The number of amides is 4. The lowest BCUT2D eigenvalue weighted by atomic mass is 9.94. The monoisotopic (exact) mass is 708 g/mol. The van der Waals surface area contributed by atoms with Crippen LogP contribution in [0.1, 0.15) is 122 Å². The Kier molecular flexibility index (Phi) is 16.6. The summed E-state index contributed by atoms with van der Waals surface area (Å²) >= 11 is 0.